The quantitative estimate of drug-likeness (QED) is 0.377. The highest BCUT2D eigenvalue weighted by atomic mass is 35.5. The normalized spacial score (nSPS) is 24.7. The van der Waals surface area contributed by atoms with E-state index in [2.05, 4.69) is 21.1 Å². The minimum Gasteiger partial charge on any atom is -0.447 e. The maximum atomic E-state index is 13.3. The second kappa shape index (κ2) is 11.1. The molecular formula is C29H34ClN3O5S. The number of aromatic nitrogens is 1. The molecule has 10 heteroatoms. The lowest BCUT2D eigenvalue weighted by atomic mass is 9.80. The molecule has 8 nitrogen and oxygen atoms in total. The first-order chi connectivity index (χ1) is 18.7. The standard InChI is InChI=1S/C29H34ClN3O5S/c1-6-20-21(27(34)31-13-22-24(39-5)11-16(2)32-28(22)35)12-23(30)26-25(20)37-29(3,38-26)17-7-9-18(10-8-17)33-14-19(15-33)36-4/h1,11-12,17-19H,7-10,13-15H2,2-5H3,(H,31,34)(H,32,35). The maximum absolute atomic E-state index is 13.3. The van der Waals surface area contributed by atoms with E-state index in [1.807, 2.05) is 26.2 Å². The predicted molar refractivity (Wildman–Crippen MR) is 152 cm³/mol. The van der Waals surface area contributed by atoms with Crippen LogP contribution in [0.1, 0.15) is 59.8 Å². The molecule has 208 valence electrons. The first-order valence-electron chi connectivity index (χ1n) is 13.2. The number of hydrogen-bond acceptors (Lipinski definition) is 7. The molecule has 1 aliphatic carbocycles. The number of nitrogens with zero attached hydrogens (tertiary/aromatic N) is 1. The van der Waals surface area contributed by atoms with Gasteiger partial charge in [-0.05, 0) is 51.0 Å². The highest BCUT2D eigenvalue weighted by molar-refractivity contribution is 7.98. The molecule has 2 fully saturated rings. The van der Waals surface area contributed by atoms with Crippen molar-refractivity contribution < 1.29 is 19.0 Å². The van der Waals surface area contributed by atoms with Crippen LogP contribution in [0.5, 0.6) is 11.5 Å². The number of ether oxygens (including phenoxy) is 3. The molecule has 5 rings (SSSR count). The number of methoxy groups -OCH3 is 1. The van der Waals surface area contributed by atoms with Gasteiger partial charge in [-0.1, -0.05) is 17.5 Å². The van der Waals surface area contributed by atoms with Gasteiger partial charge in [0.1, 0.15) is 0 Å². The number of benzene rings is 1. The van der Waals surface area contributed by atoms with E-state index >= 15 is 0 Å². The van der Waals surface area contributed by atoms with Crippen LogP contribution in [0.3, 0.4) is 0 Å². The smallest absolute Gasteiger partial charge is 0.254 e. The molecule has 0 bridgehead atoms. The van der Waals surface area contributed by atoms with Crippen LogP contribution in [-0.4, -0.2) is 60.2 Å². The van der Waals surface area contributed by atoms with Crippen LogP contribution in [0.25, 0.3) is 0 Å². The molecule has 2 aliphatic heterocycles. The summed E-state index contributed by atoms with van der Waals surface area (Å²) in [5.74, 6) is 2.09. The van der Waals surface area contributed by atoms with Gasteiger partial charge < -0.3 is 24.5 Å². The Labute approximate surface area is 238 Å². The molecule has 2 N–H and O–H groups in total. The maximum Gasteiger partial charge on any atom is 0.254 e. The molecule has 39 heavy (non-hydrogen) atoms. The van der Waals surface area contributed by atoms with Gasteiger partial charge >= 0.3 is 0 Å². The molecule has 1 amide bonds. The zero-order chi connectivity index (χ0) is 27.9. The fraction of sp³-hybridized carbons (Fsp3) is 0.517. The molecule has 0 spiro atoms. The average Bonchev–Trinajstić information content (AvgIpc) is 3.26. The van der Waals surface area contributed by atoms with Gasteiger partial charge in [0, 0.05) is 61.8 Å². The second-order valence-electron chi connectivity index (χ2n) is 10.6. The van der Waals surface area contributed by atoms with Crippen molar-refractivity contribution in [1.29, 1.82) is 0 Å². The molecule has 2 aromatic rings. The van der Waals surface area contributed by atoms with Crippen molar-refractivity contribution in [3.05, 3.63) is 49.9 Å². The Morgan fingerprint density at radius 2 is 1.97 bits per heavy atom. The Morgan fingerprint density at radius 3 is 2.62 bits per heavy atom. The fourth-order valence-corrected chi connectivity index (χ4v) is 6.84. The summed E-state index contributed by atoms with van der Waals surface area (Å²) in [5, 5.41) is 3.08. The van der Waals surface area contributed by atoms with Gasteiger partial charge in [-0.25, -0.2) is 0 Å². The van der Waals surface area contributed by atoms with Crippen LogP contribution in [0.15, 0.2) is 21.8 Å². The molecule has 0 radical (unpaired) electrons. The number of terminal acetylenes is 1. The van der Waals surface area contributed by atoms with E-state index in [4.69, 9.17) is 32.2 Å². The van der Waals surface area contributed by atoms with E-state index in [0.29, 0.717) is 34.8 Å². The number of aryl methyl sites for hydroxylation is 1. The second-order valence-corrected chi connectivity index (χ2v) is 11.9. The third-order valence-electron chi connectivity index (χ3n) is 8.23. The van der Waals surface area contributed by atoms with Crippen molar-refractivity contribution in [1.82, 2.24) is 15.2 Å². The van der Waals surface area contributed by atoms with Gasteiger partial charge in [-0.2, -0.15) is 0 Å². The first-order valence-corrected chi connectivity index (χ1v) is 14.8. The number of amides is 1. The van der Waals surface area contributed by atoms with Gasteiger partial charge in [-0.3, -0.25) is 14.5 Å². The fourth-order valence-electron chi connectivity index (χ4n) is 5.90. The zero-order valence-corrected chi connectivity index (χ0v) is 24.3. The number of carbonyl (C=O) groups is 1. The first kappa shape index (κ1) is 27.9. The largest absolute Gasteiger partial charge is 0.447 e. The number of aromatic amines is 1. The van der Waals surface area contributed by atoms with E-state index in [0.717, 1.165) is 49.4 Å². The molecule has 1 aromatic carbocycles. The molecule has 1 saturated carbocycles. The van der Waals surface area contributed by atoms with Crippen molar-refractivity contribution in [2.24, 2.45) is 5.92 Å². The number of carbonyl (C=O) groups excluding carboxylic acids is 1. The summed E-state index contributed by atoms with van der Waals surface area (Å²) in [6, 6.07) is 3.95. The highest BCUT2D eigenvalue weighted by Crippen LogP contribution is 2.52. The predicted octanol–water partition coefficient (Wildman–Crippen LogP) is 4.35. The van der Waals surface area contributed by atoms with E-state index in [1.54, 1.807) is 7.11 Å². The Kier molecular flexibility index (Phi) is 7.93. The molecule has 1 saturated heterocycles. The summed E-state index contributed by atoms with van der Waals surface area (Å²) in [6.07, 6.45) is 12.1. The third kappa shape index (κ3) is 5.28. The lowest BCUT2D eigenvalue weighted by molar-refractivity contribution is -0.130. The number of pyridine rings is 1. The van der Waals surface area contributed by atoms with E-state index < -0.39 is 11.7 Å². The zero-order valence-electron chi connectivity index (χ0n) is 22.7. The number of rotatable bonds is 7. The number of H-pyrrole nitrogens is 1. The summed E-state index contributed by atoms with van der Waals surface area (Å²) in [6.45, 7) is 5.77. The Bertz CT molecular complexity index is 1370. The van der Waals surface area contributed by atoms with Crippen LogP contribution < -0.4 is 20.3 Å². The van der Waals surface area contributed by atoms with Crippen molar-refractivity contribution in [3.8, 4) is 23.8 Å². The van der Waals surface area contributed by atoms with Gasteiger partial charge in [-0.15, -0.1) is 18.2 Å². The van der Waals surface area contributed by atoms with Crippen LogP contribution in [0.4, 0.5) is 0 Å². The Morgan fingerprint density at radius 1 is 1.28 bits per heavy atom. The van der Waals surface area contributed by atoms with E-state index in [9.17, 15) is 9.59 Å². The average molecular weight is 572 g/mol. The monoisotopic (exact) mass is 571 g/mol. The highest BCUT2D eigenvalue weighted by Gasteiger charge is 2.48. The van der Waals surface area contributed by atoms with Crippen molar-refractivity contribution >= 4 is 29.3 Å². The summed E-state index contributed by atoms with van der Waals surface area (Å²) < 4.78 is 18.2. The van der Waals surface area contributed by atoms with Crippen LogP contribution in [0.2, 0.25) is 5.02 Å². The molecular weight excluding hydrogens is 538 g/mol. The molecule has 1 aromatic heterocycles. The van der Waals surface area contributed by atoms with E-state index in [-0.39, 0.29) is 28.6 Å². The minimum atomic E-state index is -0.926. The van der Waals surface area contributed by atoms with Gasteiger partial charge in [0.2, 0.25) is 0 Å². The molecule has 3 aliphatic rings. The van der Waals surface area contributed by atoms with Crippen molar-refractivity contribution in [3.63, 3.8) is 0 Å². The summed E-state index contributed by atoms with van der Waals surface area (Å²) in [7, 11) is 1.77. The number of nitrogens with one attached hydrogen (secondary N) is 2. The number of hydrogen-bond donors (Lipinski definition) is 2. The SMILES string of the molecule is C#Cc1c(C(=O)NCc2c(SC)cc(C)[nH]c2=O)cc(Cl)c2c1OC(C)(C1CCC(N3CC(OC)C3)CC1)O2. The summed E-state index contributed by atoms with van der Waals surface area (Å²) >= 11 is 8.06. The van der Waals surface area contributed by atoms with Gasteiger partial charge in [0.25, 0.3) is 17.3 Å². The Hall–Kier alpha value is -2.64. The number of likely N-dealkylation sites (tertiary alicyclic amines) is 1. The van der Waals surface area contributed by atoms with Crippen molar-refractivity contribution in [2.45, 2.75) is 68.9 Å². The number of thioether (sulfide) groups is 1. The summed E-state index contributed by atoms with van der Waals surface area (Å²) in [5.41, 5.74) is 1.50. The van der Waals surface area contributed by atoms with Crippen LogP contribution in [0, 0.1) is 25.2 Å². The molecule has 3 heterocycles. The van der Waals surface area contributed by atoms with Gasteiger partial charge in [0.05, 0.1) is 22.3 Å². The number of fused-ring (bicyclic) bond motifs is 1. The lowest BCUT2D eigenvalue weighted by Crippen LogP contribution is -2.57. The van der Waals surface area contributed by atoms with Crippen LogP contribution >= 0.6 is 23.4 Å². The lowest BCUT2D eigenvalue weighted by Gasteiger charge is -2.47. The van der Waals surface area contributed by atoms with E-state index in [1.165, 1.54) is 17.8 Å². The van der Waals surface area contributed by atoms with Gasteiger partial charge in [0.15, 0.2) is 11.5 Å². The van der Waals surface area contributed by atoms with Crippen molar-refractivity contribution in [2.75, 3.05) is 26.5 Å². The third-order valence-corrected chi connectivity index (χ3v) is 9.31. The van der Waals surface area contributed by atoms with Crippen LogP contribution in [-0.2, 0) is 11.3 Å². The molecule has 1 unspecified atom stereocenters. The Balaban J connectivity index is 1.31. The summed E-state index contributed by atoms with van der Waals surface area (Å²) in [4.78, 5) is 31.9. The topological polar surface area (TPSA) is 92.9 Å². The minimum absolute atomic E-state index is 0.0454. The number of halogens is 1. The molecule has 1 atom stereocenters.